The van der Waals surface area contributed by atoms with Crippen LogP contribution in [0.5, 0.6) is 5.75 Å². The van der Waals surface area contributed by atoms with Crippen molar-refractivity contribution < 1.29 is 32.9 Å². The van der Waals surface area contributed by atoms with E-state index in [1.54, 1.807) is 0 Å². The van der Waals surface area contributed by atoms with Crippen molar-refractivity contribution in [3.05, 3.63) is 22.7 Å². The van der Waals surface area contributed by atoms with E-state index in [9.17, 15) is 23.1 Å². The van der Waals surface area contributed by atoms with E-state index in [4.69, 9.17) is 22.4 Å². The molecule has 0 saturated carbocycles. The highest BCUT2D eigenvalue weighted by atomic mass is 35.5. The summed E-state index contributed by atoms with van der Waals surface area (Å²) in [5, 5.41) is 17.2. The Labute approximate surface area is 104 Å². The van der Waals surface area contributed by atoms with E-state index in [0.29, 0.717) is 0 Å². The summed E-state index contributed by atoms with van der Waals surface area (Å²) in [5.41, 5.74) is 4.40. The predicted molar refractivity (Wildman–Crippen MR) is 55.1 cm³/mol. The second-order valence-electron chi connectivity index (χ2n) is 3.18. The van der Waals surface area contributed by atoms with Gasteiger partial charge in [-0.25, -0.2) is 4.79 Å². The number of nitrogen functional groups attached to an aromatic ring is 1. The Morgan fingerprint density at radius 3 is 2.44 bits per heavy atom. The van der Waals surface area contributed by atoms with Gasteiger partial charge in [0.25, 0.3) is 0 Å². The van der Waals surface area contributed by atoms with Crippen LogP contribution in [0.2, 0.25) is 5.02 Å². The minimum absolute atomic E-state index is 0.239. The molecule has 1 aromatic rings. The van der Waals surface area contributed by atoms with Crippen molar-refractivity contribution in [1.82, 2.24) is 0 Å². The number of ether oxygens (including phenoxy) is 1. The summed E-state index contributed by atoms with van der Waals surface area (Å²) in [6.45, 7) is 0. The maximum Gasteiger partial charge on any atom is 0.573 e. The SMILES string of the molecule is Nc1ccc(C(O)C(=O)O)c(OC(F)(F)F)c1Cl. The van der Waals surface area contributed by atoms with E-state index in [-0.39, 0.29) is 5.69 Å². The van der Waals surface area contributed by atoms with Gasteiger partial charge in [-0.05, 0) is 12.1 Å². The zero-order valence-electron chi connectivity index (χ0n) is 8.53. The Hall–Kier alpha value is -1.67. The molecule has 0 spiro atoms. The number of aliphatic hydroxyl groups is 1. The summed E-state index contributed by atoms with van der Waals surface area (Å²) in [6, 6.07) is 1.95. The molecule has 0 heterocycles. The van der Waals surface area contributed by atoms with E-state index in [2.05, 4.69) is 4.74 Å². The van der Waals surface area contributed by atoms with Gasteiger partial charge in [-0.3, -0.25) is 0 Å². The molecule has 1 atom stereocenters. The van der Waals surface area contributed by atoms with Crippen molar-refractivity contribution in [3.8, 4) is 5.75 Å². The molecule has 1 aromatic carbocycles. The maximum atomic E-state index is 12.1. The van der Waals surface area contributed by atoms with Crippen molar-refractivity contribution in [3.63, 3.8) is 0 Å². The fourth-order valence-corrected chi connectivity index (χ4v) is 1.36. The molecule has 1 rings (SSSR count). The van der Waals surface area contributed by atoms with Crippen molar-refractivity contribution in [1.29, 1.82) is 0 Å². The standard InChI is InChI=1S/C9H7ClF3NO4/c10-5-4(14)2-1-3(6(15)8(16)17)7(5)18-9(11,12)13/h1-2,6,15H,14H2,(H,16,17). The number of alkyl halides is 3. The molecule has 9 heteroatoms. The molecule has 0 aliphatic carbocycles. The van der Waals surface area contributed by atoms with Crippen LogP contribution < -0.4 is 10.5 Å². The number of hydrogen-bond donors (Lipinski definition) is 3. The van der Waals surface area contributed by atoms with Crippen LogP contribution in [0.4, 0.5) is 18.9 Å². The molecule has 0 bridgehead atoms. The summed E-state index contributed by atoms with van der Waals surface area (Å²) < 4.78 is 40.0. The highest BCUT2D eigenvalue weighted by Gasteiger charge is 2.35. The summed E-state index contributed by atoms with van der Waals surface area (Å²) in [7, 11) is 0. The quantitative estimate of drug-likeness (QED) is 0.738. The number of anilines is 1. The highest BCUT2D eigenvalue weighted by molar-refractivity contribution is 6.34. The van der Waals surface area contributed by atoms with Gasteiger partial charge in [0.2, 0.25) is 0 Å². The minimum atomic E-state index is -5.09. The molecule has 0 radical (unpaired) electrons. The van der Waals surface area contributed by atoms with E-state index in [1.807, 2.05) is 0 Å². The number of aliphatic hydroxyl groups excluding tert-OH is 1. The van der Waals surface area contributed by atoms with Gasteiger partial charge < -0.3 is 20.7 Å². The molecule has 1 unspecified atom stereocenters. The number of rotatable bonds is 3. The normalized spacial score (nSPS) is 13.2. The van der Waals surface area contributed by atoms with Gasteiger partial charge in [0.1, 0.15) is 5.02 Å². The van der Waals surface area contributed by atoms with Crippen LogP contribution in [-0.4, -0.2) is 22.5 Å². The molecule has 0 aromatic heterocycles. The van der Waals surface area contributed by atoms with E-state index in [0.717, 1.165) is 12.1 Å². The number of aliphatic carboxylic acids is 1. The summed E-state index contributed by atoms with van der Waals surface area (Å²) in [6.07, 6.45) is -7.30. The Bertz CT molecular complexity index is 478. The maximum absolute atomic E-state index is 12.1. The Morgan fingerprint density at radius 2 is 2.00 bits per heavy atom. The molecule has 0 fully saturated rings. The van der Waals surface area contributed by atoms with Crippen molar-refractivity contribution in [2.45, 2.75) is 12.5 Å². The van der Waals surface area contributed by atoms with Gasteiger partial charge in [0, 0.05) is 5.56 Å². The van der Waals surface area contributed by atoms with Gasteiger partial charge in [-0.2, -0.15) is 0 Å². The smallest absolute Gasteiger partial charge is 0.479 e. The van der Waals surface area contributed by atoms with Crippen LogP contribution in [0, 0.1) is 0 Å². The first-order chi connectivity index (χ1) is 8.13. The summed E-state index contributed by atoms with van der Waals surface area (Å²) in [4.78, 5) is 10.6. The second-order valence-corrected chi connectivity index (χ2v) is 3.55. The van der Waals surface area contributed by atoms with Gasteiger partial charge in [-0.15, -0.1) is 13.2 Å². The first-order valence-corrected chi connectivity index (χ1v) is 4.75. The molecule has 18 heavy (non-hydrogen) atoms. The van der Waals surface area contributed by atoms with Gasteiger partial charge >= 0.3 is 12.3 Å². The van der Waals surface area contributed by atoms with Gasteiger partial charge in [0.15, 0.2) is 11.9 Å². The van der Waals surface area contributed by atoms with Crippen LogP contribution in [0.25, 0.3) is 0 Å². The van der Waals surface area contributed by atoms with Gasteiger partial charge in [0.05, 0.1) is 5.69 Å². The van der Waals surface area contributed by atoms with Crippen molar-refractivity contribution in [2.75, 3.05) is 5.73 Å². The number of carboxylic acids is 1. The fraction of sp³-hybridized carbons (Fsp3) is 0.222. The average molecular weight is 286 g/mol. The third-order valence-corrected chi connectivity index (χ3v) is 2.29. The highest BCUT2D eigenvalue weighted by Crippen LogP contribution is 2.40. The number of carbonyl (C=O) groups is 1. The minimum Gasteiger partial charge on any atom is -0.479 e. The fourth-order valence-electron chi connectivity index (χ4n) is 1.15. The second kappa shape index (κ2) is 4.91. The molecule has 0 aliphatic heterocycles. The van der Waals surface area contributed by atoms with E-state index >= 15 is 0 Å². The third-order valence-electron chi connectivity index (χ3n) is 1.90. The summed E-state index contributed by atoms with van der Waals surface area (Å²) >= 11 is 5.50. The Kier molecular flexibility index (Phi) is 3.92. The van der Waals surface area contributed by atoms with Crippen LogP contribution in [0.1, 0.15) is 11.7 Å². The monoisotopic (exact) mass is 285 g/mol. The number of benzene rings is 1. The molecule has 0 saturated heterocycles. The lowest BCUT2D eigenvalue weighted by Crippen LogP contribution is -2.21. The third kappa shape index (κ3) is 3.17. The van der Waals surface area contributed by atoms with Crippen LogP contribution >= 0.6 is 11.6 Å². The molecule has 5 nitrogen and oxygen atoms in total. The lowest BCUT2D eigenvalue weighted by Gasteiger charge is -2.17. The zero-order valence-corrected chi connectivity index (χ0v) is 9.29. The lowest BCUT2D eigenvalue weighted by atomic mass is 10.1. The Balaban J connectivity index is 3.34. The van der Waals surface area contributed by atoms with Crippen molar-refractivity contribution >= 4 is 23.3 Å². The van der Waals surface area contributed by atoms with E-state index < -0.39 is 34.8 Å². The predicted octanol–water partition coefficient (Wildman–Crippen LogP) is 1.94. The first kappa shape index (κ1) is 14.4. The molecular weight excluding hydrogens is 279 g/mol. The summed E-state index contributed by atoms with van der Waals surface area (Å²) in [5.74, 6) is -2.78. The van der Waals surface area contributed by atoms with Crippen LogP contribution in [0.3, 0.4) is 0 Å². The molecular formula is C9H7ClF3NO4. The van der Waals surface area contributed by atoms with Crippen LogP contribution in [0.15, 0.2) is 12.1 Å². The van der Waals surface area contributed by atoms with Crippen molar-refractivity contribution in [2.24, 2.45) is 0 Å². The topological polar surface area (TPSA) is 92.8 Å². The first-order valence-electron chi connectivity index (χ1n) is 4.38. The van der Waals surface area contributed by atoms with Gasteiger partial charge in [-0.1, -0.05) is 11.6 Å². The van der Waals surface area contributed by atoms with Crippen LogP contribution in [-0.2, 0) is 4.79 Å². The molecule has 0 amide bonds. The molecule has 4 N–H and O–H groups in total. The Morgan fingerprint density at radius 1 is 1.44 bits per heavy atom. The average Bonchev–Trinajstić information content (AvgIpc) is 2.22. The molecule has 100 valence electrons. The number of nitrogens with two attached hydrogens (primary N) is 1. The zero-order chi connectivity index (χ0) is 14.1. The number of halogens is 4. The lowest BCUT2D eigenvalue weighted by molar-refractivity contribution is -0.275. The molecule has 0 aliphatic rings. The number of carboxylic acid groups (broad SMARTS) is 1. The van der Waals surface area contributed by atoms with E-state index in [1.165, 1.54) is 0 Å². The number of hydrogen-bond acceptors (Lipinski definition) is 4. The largest absolute Gasteiger partial charge is 0.573 e.